The van der Waals surface area contributed by atoms with E-state index in [0.29, 0.717) is 23.5 Å². The van der Waals surface area contributed by atoms with Crippen molar-refractivity contribution in [3.8, 4) is 0 Å². The first-order valence-corrected chi connectivity index (χ1v) is 9.97. The quantitative estimate of drug-likeness (QED) is 0.500. The molecule has 29 heavy (non-hydrogen) atoms. The molecule has 0 aromatic heterocycles. The van der Waals surface area contributed by atoms with Gasteiger partial charge in [-0.05, 0) is 40.2 Å². The van der Waals surface area contributed by atoms with E-state index in [1.165, 1.54) is 5.56 Å². The maximum absolute atomic E-state index is 10.5. The van der Waals surface area contributed by atoms with Gasteiger partial charge in [-0.1, -0.05) is 56.3 Å². The average molecular weight is 402 g/mol. The van der Waals surface area contributed by atoms with Crippen LogP contribution in [0.1, 0.15) is 53.7 Å². The van der Waals surface area contributed by atoms with Crippen molar-refractivity contribution in [3.63, 3.8) is 0 Å². The molecule has 0 radical (unpaired) electrons. The topological polar surface area (TPSA) is 110 Å². The molecule has 1 saturated heterocycles. The molecule has 5 atom stereocenters. The molecule has 0 amide bonds. The summed E-state index contributed by atoms with van der Waals surface area (Å²) in [5.41, 5.74) is 4.47. The lowest BCUT2D eigenvalue weighted by Crippen LogP contribution is -2.55. The van der Waals surface area contributed by atoms with Gasteiger partial charge in [0.1, 0.15) is 30.5 Å². The van der Waals surface area contributed by atoms with Crippen LogP contribution in [-0.2, 0) is 17.8 Å². The first kappa shape index (κ1) is 21.9. The fraction of sp³-hybridized carbons (Fsp3) is 0.478. The summed E-state index contributed by atoms with van der Waals surface area (Å²) in [6, 6.07) is 13.9. The summed E-state index contributed by atoms with van der Waals surface area (Å²) in [5, 5.41) is 49.8. The van der Waals surface area contributed by atoms with Gasteiger partial charge in [0.25, 0.3) is 0 Å². The van der Waals surface area contributed by atoms with Crippen molar-refractivity contribution in [2.45, 2.75) is 63.3 Å². The number of ether oxygens (including phenoxy) is 1. The smallest absolute Gasteiger partial charge is 0.113 e. The van der Waals surface area contributed by atoms with Crippen LogP contribution in [0.4, 0.5) is 0 Å². The maximum atomic E-state index is 10.5. The number of aliphatic hydroxyl groups excluding tert-OH is 5. The maximum Gasteiger partial charge on any atom is 0.113 e. The number of rotatable bonds is 6. The largest absolute Gasteiger partial charge is 0.394 e. The van der Waals surface area contributed by atoms with E-state index in [-0.39, 0.29) is 6.61 Å². The van der Waals surface area contributed by atoms with Crippen molar-refractivity contribution in [2.24, 2.45) is 0 Å². The van der Waals surface area contributed by atoms with Gasteiger partial charge in [0.15, 0.2) is 0 Å². The SMILES string of the molecule is CC(C)c1ccc(Cc2ccc(CO)c([C@@H]3O[C@H](CO)[C@@H](O)[C@H](O)[C@H]3O)c2)cc1. The highest BCUT2D eigenvalue weighted by Gasteiger charge is 2.44. The minimum absolute atomic E-state index is 0.256. The second-order valence-corrected chi connectivity index (χ2v) is 8.01. The van der Waals surface area contributed by atoms with Crippen molar-refractivity contribution in [2.75, 3.05) is 6.61 Å². The van der Waals surface area contributed by atoms with Crippen molar-refractivity contribution in [1.29, 1.82) is 0 Å². The van der Waals surface area contributed by atoms with E-state index in [2.05, 4.69) is 38.1 Å². The second kappa shape index (κ2) is 9.34. The number of hydrogen-bond donors (Lipinski definition) is 5. The fourth-order valence-electron chi connectivity index (χ4n) is 3.78. The van der Waals surface area contributed by atoms with Gasteiger partial charge in [-0.25, -0.2) is 0 Å². The van der Waals surface area contributed by atoms with Crippen LogP contribution >= 0.6 is 0 Å². The summed E-state index contributed by atoms with van der Waals surface area (Å²) in [5.74, 6) is 0.464. The fourth-order valence-corrected chi connectivity index (χ4v) is 3.78. The standard InChI is InChI=1S/C23H30O6/c1-13(2)16-6-3-14(4-7-16)9-15-5-8-17(11-24)18(10-15)23-22(28)21(27)20(26)19(12-25)29-23/h3-8,10,13,19-28H,9,11-12H2,1-2H3/t19-,20-,21+,22-,23+/m1/s1. The number of aliphatic hydroxyl groups is 5. The predicted octanol–water partition coefficient (Wildman–Crippen LogP) is 1.41. The van der Waals surface area contributed by atoms with Crippen molar-refractivity contribution in [1.82, 2.24) is 0 Å². The van der Waals surface area contributed by atoms with Gasteiger partial charge in [-0.3, -0.25) is 0 Å². The van der Waals surface area contributed by atoms with Crippen LogP contribution in [0.3, 0.4) is 0 Å². The molecule has 5 N–H and O–H groups in total. The average Bonchev–Trinajstić information content (AvgIpc) is 2.73. The summed E-state index contributed by atoms with van der Waals surface area (Å²) in [7, 11) is 0. The molecule has 1 fully saturated rings. The lowest BCUT2D eigenvalue weighted by atomic mass is 9.87. The van der Waals surface area contributed by atoms with Crippen LogP contribution in [0.2, 0.25) is 0 Å². The summed E-state index contributed by atoms with van der Waals surface area (Å²) < 4.78 is 5.69. The van der Waals surface area contributed by atoms with Crippen molar-refractivity contribution >= 4 is 0 Å². The van der Waals surface area contributed by atoms with Gasteiger partial charge in [0, 0.05) is 0 Å². The Morgan fingerprint density at radius 1 is 0.862 bits per heavy atom. The van der Waals surface area contributed by atoms with Gasteiger partial charge >= 0.3 is 0 Å². The summed E-state index contributed by atoms with van der Waals surface area (Å²) in [4.78, 5) is 0. The van der Waals surface area contributed by atoms with Gasteiger partial charge in [0.05, 0.1) is 13.2 Å². The number of hydrogen-bond acceptors (Lipinski definition) is 6. The highest BCUT2D eigenvalue weighted by molar-refractivity contribution is 5.38. The molecule has 2 aromatic carbocycles. The minimum atomic E-state index is -1.45. The van der Waals surface area contributed by atoms with Crippen molar-refractivity contribution in [3.05, 3.63) is 70.3 Å². The van der Waals surface area contributed by atoms with Crippen molar-refractivity contribution < 1.29 is 30.3 Å². The summed E-state index contributed by atoms with van der Waals surface area (Å²) >= 11 is 0. The van der Waals surface area contributed by atoms with Gasteiger partial charge < -0.3 is 30.3 Å². The van der Waals surface area contributed by atoms with Crippen LogP contribution in [0, 0.1) is 0 Å². The Morgan fingerprint density at radius 3 is 2.10 bits per heavy atom. The molecule has 6 nitrogen and oxygen atoms in total. The van der Waals surface area contributed by atoms with Crippen LogP contribution in [-0.4, -0.2) is 56.6 Å². The molecule has 0 saturated carbocycles. The van der Waals surface area contributed by atoms with E-state index in [4.69, 9.17) is 4.74 Å². The molecular weight excluding hydrogens is 372 g/mol. The molecule has 6 heteroatoms. The normalized spacial score (nSPS) is 27.4. The van der Waals surface area contributed by atoms with Crippen LogP contribution in [0.25, 0.3) is 0 Å². The molecule has 0 spiro atoms. The molecule has 0 unspecified atom stereocenters. The number of benzene rings is 2. The Morgan fingerprint density at radius 2 is 1.52 bits per heavy atom. The zero-order valence-electron chi connectivity index (χ0n) is 16.8. The van der Waals surface area contributed by atoms with Gasteiger partial charge in [-0.2, -0.15) is 0 Å². The van der Waals surface area contributed by atoms with Crippen LogP contribution in [0.5, 0.6) is 0 Å². The lowest BCUT2D eigenvalue weighted by Gasteiger charge is -2.40. The summed E-state index contributed by atoms with van der Waals surface area (Å²) in [6.07, 6.45) is -5.53. The van der Waals surface area contributed by atoms with E-state index in [0.717, 1.165) is 11.1 Å². The van der Waals surface area contributed by atoms with E-state index in [9.17, 15) is 25.5 Å². The monoisotopic (exact) mass is 402 g/mol. The Bertz CT molecular complexity index is 802. The van der Waals surface area contributed by atoms with E-state index in [1.807, 2.05) is 12.1 Å². The first-order valence-electron chi connectivity index (χ1n) is 9.97. The molecule has 0 bridgehead atoms. The van der Waals surface area contributed by atoms with Crippen LogP contribution < -0.4 is 0 Å². The molecule has 2 aromatic rings. The minimum Gasteiger partial charge on any atom is -0.394 e. The van der Waals surface area contributed by atoms with Crippen LogP contribution in [0.15, 0.2) is 42.5 Å². The molecular formula is C23H30O6. The third-order valence-corrected chi connectivity index (χ3v) is 5.63. The molecule has 3 rings (SSSR count). The summed E-state index contributed by atoms with van der Waals surface area (Å²) in [6.45, 7) is 3.55. The third kappa shape index (κ3) is 4.69. The molecule has 1 aliphatic rings. The zero-order chi connectivity index (χ0) is 21.1. The predicted molar refractivity (Wildman–Crippen MR) is 108 cm³/mol. The Balaban J connectivity index is 1.88. The molecule has 158 valence electrons. The molecule has 1 heterocycles. The Labute approximate surface area is 171 Å². The zero-order valence-corrected chi connectivity index (χ0v) is 16.8. The third-order valence-electron chi connectivity index (χ3n) is 5.63. The lowest BCUT2D eigenvalue weighted by molar-refractivity contribution is -0.232. The van der Waals surface area contributed by atoms with Gasteiger partial charge in [0.2, 0.25) is 0 Å². The second-order valence-electron chi connectivity index (χ2n) is 8.01. The Kier molecular flexibility index (Phi) is 7.05. The first-order chi connectivity index (χ1) is 13.8. The highest BCUT2D eigenvalue weighted by Crippen LogP contribution is 2.35. The van der Waals surface area contributed by atoms with E-state index >= 15 is 0 Å². The van der Waals surface area contributed by atoms with Gasteiger partial charge in [-0.15, -0.1) is 0 Å². The van der Waals surface area contributed by atoms with E-state index < -0.39 is 37.1 Å². The van der Waals surface area contributed by atoms with E-state index in [1.54, 1.807) is 6.07 Å². The molecule has 0 aliphatic carbocycles. The highest BCUT2D eigenvalue weighted by atomic mass is 16.5. The molecule has 1 aliphatic heterocycles. The Hall–Kier alpha value is -1.80.